The van der Waals surface area contributed by atoms with Crippen molar-refractivity contribution in [1.82, 2.24) is 25.3 Å². The number of esters is 1. The predicted molar refractivity (Wildman–Crippen MR) is 136 cm³/mol. The van der Waals surface area contributed by atoms with Crippen LogP contribution >= 0.6 is 0 Å². The standard InChI is InChI=1S/C25H18F5N7O6/c26-14-15(27)17(29)20(18(30)16(14)28)43-13(38)6-5-12(24(41)42)35-22(39)9-1-3-10(4-2-9)32-7-11-8-33-21-19(34-11)23(40)37-25(31)36-21/h1-4,8,12,32H,5-7H2,(H,35,39)(H,41,42)(H3,31,33,36,37,40). The number of carboxylic acid groups (broad SMARTS) is 1. The number of nitrogen functional groups attached to an aromatic ring is 1. The molecule has 0 bridgehead atoms. The summed E-state index contributed by atoms with van der Waals surface area (Å²) in [5.41, 5.74) is 5.87. The van der Waals surface area contributed by atoms with Crippen molar-refractivity contribution in [2.75, 3.05) is 11.1 Å². The lowest BCUT2D eigenvalue weighted by molar-refractivity contribution is -0.140. The first-order valence-electron chi connectivity index (χ1n) is 12.0. The Bertz CT molecular complexity index is 1770. The Morgan fingerprint density at radius 3 is 2.23 bits per heavy atom. The minimum absolute atomic E-state index is 0.0145. The normalized spacial score (nSPS) is 11.7. The van der Waals surface area contributed by atoms with E-state index in [1.54, 1.807) is 0 Å². The van der Waals surface area contributed by atoms with E-state index in [2.05, 4.69) is 35.3 Å². The van der Waals surface area contributed by atoms with Crippen LogP contribution in [-0.2, 0) is 16.1 Å². The SMILES string of the molecule is Nc1nc2ncc(CNc3ccc(C(=O)NC(CCC(=O)Oc4c(F)c(F)c(F)c(F)c4F)C(=O)O)cc3)nc2c(=O)[nH]1. The molecule has 13 nitrogen and oxygen atoms in total. The number of nitrogens with zero attached hydrogens (tertiary/aromatic N) is 3. The molecule has 1 unspecified atom stereocenters. The molecule has 0 aliphatic carbocycles. The van der Waals surface area contributed by atoms with E-state index >= 15 is 0 Å². The number of aromatic nitrogens is 4. The highest BCUT2D eigenvalue weighted by Gasteiger charge is 2.29. The molecule has 0 radical (unpaired) electrons. The Morgan fingerprint density at radius 2 is 1.60 bits per heavy atom. The van der Waals surface area contributed by atoms with E-state index in [4.69, 9.17) is 5.73 Å². The van der Waals surface area contributed by atoms with Crippen molar-refractivity contribution in [1.29, 1.82) is 0 Å². The number of halogens is 5. The highest BCUT2D eigenvalue weighted by molar-refractivity contribution is 5.97. The van der Waals surface area contributed by atoms with Crippen molar-refractivity contribution in [2.45, 2.75) is 25.4 Å². The highest BCUT2D eigenvalue weighted by Crippen LogP contribution is 2.29. The molecule has 2 heterocycles. The summed E-state index contributed by atoms with van der Waals surface area (Å²) in [7, 11) is 0. The Balaban J connectivity index is 1.33. The molecule has 0 saturated heterocycles. The molecule has 4 rings (SSSR count). The number of rotatable bonds is 10. The molecule has 2 aromatic carbocycles. The summed E-state index contributed by atoms with van der Waals surface area (Å²) in [4.78, 5) is 62.5. The van der Waals surface area contributed by atoms with Crippen molar-refractivity contribution < 1.29 is 46.2 Å². The third kappa shape index (κ3) is 6.80. The summed E-state index contributed by atoms with van der Waals surface area (Å²) in [6, 6.07) is 3.97. The average Bonchev–Trinajstić information content (AvgIpc) is 2.98. The van der Waals surface area contributed by atoms with Gasteiger partial charge in [0, 0.05) is 17.7 Å². The maximum Gasteiger partial charge on any atom is 0.326 e. The van der Waals surface area contributed by atoms with Crippen LogP contribution in [0.5, 0.6) is 5.75 Å². The van der Waals surface area contributed by atoms with E-state index in [0.29, 0.717) is 11.4 Å². The molecule has 0 fully saturated rings. The van der Waals surface area contributed by atoms with Crippen molar-refractivity contribution in [3.05, 3.63) is 81.2 Å². The number of hydrogen-bond donors (Lipinski definition) is 5. The number of ether oxygens (including phenoxy) is 1. The molecule has 0 spiro atoms. The number of nitrogens with one attached hydrogen (secondary N) is 3. The van der Waals surface area contributed by atoms with Gasteiger partial charge in [0.1, 0.15) is 6.04 Å². The number of hydrogen-bond acceptors (Lipinski definition) is 10. The number of fused-ring (bicyclic) bond motifs is 1. The second-order valence-electron chi connectivity index (χ2n) is 8.69. The first kappa shape index (κ1) is 30.3. The number of amides is 1. The molecule has 0 aliphatic rings. The number of carbonyl (C=O) groups excluding carboxylic acids is 2. The van der Waals surface area contributed by atoms with Gasteiger partial charge in [0.25, 0.3) is 11.5 Å². The topological polar surface area (TPSA) is 202 Å². The molecule has 2 aromatic heterocycles. The van der Waals surface area contributed by atoms with Gasteiger partial charge in [-0.05, 0) is 30.7 Å². The Hall–Kier alpha value is -5.68. The molecular formula is C25H18F5N7O6. The molecule has 224 valence electrons. The van der Waals surface area contributed by atoms with Crippen LogP contribution in [-0.4, -0.2) is 48.9 Å². The van der Waals surface area contributed by atoms with Gasteiger partial charge in [0.15, 0.2) is 11.2 Å². The second-order valence-corrected chi connectivity index (χ2v) is 8.69. The molecule has 0 saturated carbocycles. The molecule has 1 amide bonds. The summed E-state index contributed by atoms with van der Waals surface area (Å²) in [6.45, 7) is 0.125. The van der Waals surface area contributed by atoms with Crippen molar-refractivity contribution in [2.24, 2.45) is 0 Å². The summed E-state index contributed by atoms with van der Waals surface area (Å²) >= 11 is 0. The maximum atomic E-state index is 13.7. The van der Waals surface area contributed by atoms with E-state index in [9.17, 15) is 46.2 Å². The fourth-order valence-corrected chi connectivity index (χ4v) is 3.59. The molecule has 18 heteroatoms. The quantitative estimate of drug-likeness (QED) is 0.0581. The zero-order chi connectivity index (χ0) is 31.4. The third-order valence-corrected chi connectivity index (χ3v) is 5.73. The average molecular weight is 607 g/mol. The Labute approximate surface area is 235 Å². The molecule has 6 N–H and O–H groups in total. The summed E-state index contributed by atoms with van der Waals surface area (Å²) < 4.78 is 71.4. The molecule has 1 atom stereocenters. The number of carbonyl (C=O) groups is 3. The summed E-state index contributed by atoms with van der Waals surface area (Å²) in [5.74, 6) is -17.8. The van der Waals surface area contributed by atoms with Crippen molar-refractivity contribution in [3.8, 4) is 5.75 Å². The van der Waals surface area contributed by atoms with E-state index in [0.717, 1.165) is 0 Å². The van der Waals surface area contributed by atoms with E-state index < -0.39 is 77.1 Å². The molecule has 43 heavy (non-hydrogen) atoms. The van der Waals surface area contributed by atoms with Crippen LogP contribution in [0.1, 0.15) is 28.9 Å². The van der Waals surface area contributed by atoms with Crippen LogP contribution in [0.2, 0.25) is 0 Å². The van der Waals surface area contributed by atoms with Crippen molar-refractivity contribution in [3.63, 3.8) is 0 Å². The van der Waals surface area contributed by atoms with Crippen LogP contribution in [0, 0.1) is 29.1 Å². The number of aliphatic carboxylic acids is 1. The predicted octanol–water partition coefficient (Wildman–Crippen LogP) is 2.17. The van der Waals surface area contributed by atoms with Crippen molar-refractivity contribution >= 4 is 40.6 Å². The van der Waals surface area contributed by atoms with E-state index in [1.165, 1.54) is 30.5 Å². The van der Waals surface area contributed by atoms with Crippen LogP contribution in [0.4, 0.5) is 33.6 Å². The Morgan fingerprint density at radius 1 is 0.977 bits per heavy atom. The lowest BCUT2D eigenvalue weighted by Crippen LogP contribution is -2.41. The monoisotopic (exact) mass is 607 g/mol. The second kappa shape index (κ2) is 12.5. The lowest BCUT2D eigenvalue weighted by atomic mass is 10.1. The number of anilines is 2. The zero-order valence-corrected chi connectivity index (χ0v) is 21.4. The fraction of sp³-hybridized carbons (Fsp3) is 0.160. The number of nitrogens with two attached hydrogens (primary N) is 1. The number of aromatic amines is 1. The summed E-state index contributed by atoms with van der Waals surface area (Å²) in [5, 5.41) is 14.5. The maximum absolute atomic E-state index is 13.7. The van der Waals surface area contributed by atoms with E-state index in [1.807, 2.05) is 0 Å². The van der Waals surface area contributed by atoms with E-state index in [-0.39, 0.29) is 29.2 Å². The van der Waals surface area contributed by atoms with Gasteiger partial charge in [-0.15, -0.1) is 0 Å². The number of H-pyrrole nitrogens is 1. The lowest BCUT2D eigenvalue weighted by Gasteiger charge is -2.15. The smallest absolute Gasteiger partial charge is 0.326 e. The first-order chi connectivity index (χ1) is 20.3. The van der Waals surface area contributed by atoms with Gasteiger partial charge in [0.2, 0.25) is 40.8 Å². The van der Waals surface area contributed by atoms with Crippen LogP contribution in [0.25, 0.3) is 11.2 Å². The molecule has 0 aliphatic heterocycles. The largest absolute Gasteiger partial charge is 0.480 e. The Kier molecular flexibility index (Phi) is 8.77. The fourth-order valence-electron chi connectivity index (χ4n) is 3.59. The molecular weight excluding hydrogens is 589 g/mol. The van der Waals surface area contributed by atoms with Gasteiger partial charge in [0.05, 0.1) is 18.4 Å². The van der Waals surface area contributed by atoms with Crippen LogP contribution in [0.3, 0.4) is 0 Å². The van der Waals surface area contributed by atoms with Gasteiger partial charge in [-0.2, -0.15) is 13.8 Å². The van der Waals surface area contributed by atoms with Gasteiger partial charge >= 0.3 is 11.9 Å². The molecule has 4 aromatic rings. The number of benzene rings is 2. The minimum atomic E-state index is -2.45. The van der Waals surface area contributed by atoms with Crippen LogP contribution < -0.4 is 26.7 Å². The highest BCUT2D eigenvalue weighted by atomic mass is 19.2. The van der Waals surface area contributed by atoms with Gasteiger partial charge in [-0.25, -0.2) is 27.9 Å². The third-order valence-electron chi connectivity index (χ3n) is 5.73. The van der Waals surface area contributed by atoms with Crippen LogP contribution in [0.15, 0.2) is 35.3 Å². The zero-order valence-electron chi connectivity index (χ0n) is 21.4. The first-order valence-corrected chi connectivity index (χ1v) is 12.0. The minimum Gasteiger partial charge on any atom is -0.480 e. The van der Waals surface area contributed by atoms with Gasteiger partial charge < -0.3 is 26.2 Å². The van der Waals surface area contributed by atoms with Gasteiger partial charge in [-0.3, -0.25) is 19.4 Å². The number of carboxylic acids is 1. The van der Waals surface area contributed by atoms with Gasteiger partial charge in [-0.1, -0.05) is 0 Å². The summed E-state index contributed by atoms with van der Waals surface area (Å²) in [6.07, 6.45) is -0.132.